The molecule has 0 bridgehead atoms. The molecule has 1 aliphatic rings. The third-order valence-electron chi connectivity index (χ3n) is 6.21. The van der Waals surface area contributed by atoms with E-state index in [1.807, 2.05) is 26.0 Å². The standard InChI is InChI=1S/C27H31N3O3S/c1-20-7-6-10-24(17-20)29-34(32,33)25-12-11-21(2)26(18-25)27(31)28-23-13-15-30(16-14-23)19-22-8-4-3-5-9-22/h3-12,17-18,23,29H,13-16,19H2,1-2H3,(H,28,31). The summed E-state index contributed by atoms with van der Waals surface area (Å²) in [6, 6.07) is 22.3. The molecule has 0 aliphatic carbocycles. The molecule has 2 N–H and O–H groups in total. The van der Waals surface area contributed by atoms with Gasteiger partial charge < -0.3 is 5.32 Å². The SMILES string of the molecule is Cc1cccc(NS(=O)(=O)c2ccc(C)c(C(=O)NC3CCN(Cc4ccccc4)CC3)c2)c1. The summed E-state index contributed by atoms with van der Waals surface area (Å²) in [4.78, 5) is 15.5. The van der Waals surface area contributed by atoms with Crippen molar-refractivity contribution in [2.75, 3.05) is 17.8 Å². The van der Waals surface area contributed by atoms with Crippen LogP contribution in [0.4, 0.5) is 5.69 Å². The van der Waals surface area contributed by atoms with Crippen molar-refractivity contribution in [3.8, 4) is 0 Å². The fourth-order valence-electron chi connectivity index (χ4n) is 4.28. The summed E-state index contributed by atoms with van der Waals surface area (Å²) < 4.78 is 28.5. The van der Waals surface area contributed by atoms with E-state index in [-0.39, 0.29) is 16.8 Å². The Bertz CT molecular complexity index is 1250. The number of nitrogens with zero attached hydrogens (tertiary/aromatic N) is 1. The fourth-order valence-corrected chi connectivity index (χ4v) is 5.35. The number of likely N-dealkylation sites (tertiary alicyclic amines) is 1. The molecule has 4 rings (SSSR count). The highest BCUT2D eigenvalue weighted by molar-refractivity contribution is 7.92. The van der Waals surface area contributed by atoms with E-state index in [1.165, 1.54) is 17.7 Å². The summed E-state index contributed by atoms with van der Waals surface area (Å²) in [5, 5.41) is 3.12. The molecule has 0 spiro atoms. The second kappa shape index (κ2) is 10.4. The topological polar surface area (TPSA) is 78.5 Å². The Hall–Kier alpha value is -3.16. The smallest absolute Gasteiger partial charge is 0.261 e. The highest BCUT2D eigenvalue weighted by Gasteiger charge is 2.23. The number of hydrogen-bond donors (Lipinski definition) is 2. The van der Waals surface area contributed by atoms with Gasteiger partial charge in [-0.2, -0.15) is 0 Å². The minimum absolute atomic E-state index is 0.0717. The quantitative estimate of drug-likeness (QED) is 0.525. The third kappa shape index (κ3) is 6.04. The van der Waals surface area contributed by atoms with Gasteiger partial charge in [0, 0.05) is 36.9 Å². The zero-order valence-electron chi connectivity index (χ0n) is 19.6. The molecule has 0 aromatic heterocycles. The Balaban J connectivity index is 1.39. The Morgan fingerprint density at radius 1 is 0.941 bits per heavy atom. The van der Waals surface area contributed by atoms with Crippen molar-refractivity contribution in [2.45, 2.75) is 44.2 Å². The molecule has 1 fully saturated rings. The van der Waals surface area contributed by atoms with E-state index in [1.54, 1.807) is 24.3 Å². The second-order valence-corrected chi connectivity index (χ2v) is 10.6. The number of anilines is 1. The number of hydrogen-bond acceptors (Lipinski definition) is 4. The number of aryl methyl sites for hydroxylation is 2. The number of sulfonamides is 1. The van der Waals surface area contributed by atoms with Gasteiger partial charge >= 0.3 is 0 Å². The van der Waals surface area contributed by atoms with Gasteiger partial charge in [-0.15, -0.1) is 0 Å². The minimum atomic E-state index is -3.81. The lowest BCUT2D eigenvalue weighted by molar-refractivity contribution is 0.0908. The first kappa shape index (κ1) is 24.0. The van der Waals surface area contributed by atoms with Crippen molar-refractivity contribution in [3.63, 3.8) is 0 Å². The van der Waals surface area contributed by atoms with Crippen LogP contribution in [0.3, 0.4) is 0 Å². The number of rotatable bonds is 7. The van der Waals surface area contributed by atoms with Crippen molar-refractivity contribution in [2.24, 2.45) is 0 Å². The molecule has 1 saturated heterocycles. The van der Waals surface area contributed by atoms with Gasteiger partial charge in [-0.3, -0.25) is 14.4 Å². The number of carbonyl (C=O) groups is 1. The van der Waals surface area contributed by atoms with E-state index >= 15 is 0 Å². The maximum Gasteiger partial charge on any atom is 0.261 e. The van der Waals surface area contributed by atoms with E-state index < -0.39 is 10.0 Å². The van der Waals surface area contributed by atoms with E-state index in [2.05, 4.69) is 39.2 Å². The lowest BCUT2D eigenvalue weighted by atomic mass is 10.0. The average molecular weight is 478 g/mol. The molecule has 1 heterocycles. The van der Waals surface area contributed by atoms with Crippen LogP contribution in [0, 0.1) is 13.8 Å². The van der Waals surface area contributed by atoms with Crippen molar-refractivity contribution < 1.29 is 13.2 Å². The summed E-state index contributed by atoms with van der Waals surface area (Å²) in [5.74, 6) is -0.230. The summed E-state index contributed by atoms with van der Waals surface area (Å²) in [7, 11) is -3.81. The largest absolute Gasteiger partial charge is 0.349 e. The molecular weight excluding hydrogens is 446 g/mol. The average Bonchev–Trinajstić information content (AvgIpc) is 2.81. The van der Waals surface area contributed by atoms with Crippen LogP contribution in [0.25, 0.3) is 0 Å². The Morgan fingerprint density at radius 3 is 2.38 bits per heavy atom. The van der Waals surface area contributed by atoms with Gasteiger partial charge in [0.15, 0.2) is 0 Å². The van der Waals surface area contributed by atoms with Crippen LogP contribution >= 0.6 is 0 Å². The van der Waals surface area contributed by atoms with Crippen molar-refractivity contribution >= 4 is 21.6 Å². The summed E-state index contributed by atoms with van der Waals surface area (Å²) in [5.41, 5.74) is 3.87. The van der Waals surface area contributed by atoms with Crippen LogP contribution in [0.1, 0.15) is 39.9 Å². The Kier molecular flexibility index (Phi) is 7.34. The van der Waals surface area contributed by atoms with Gasteiger partial charge in [0.25, 0.3) is 15.9 Å². The molecule has 0 radical (unpaired) electrons. The van der Waals surface area contributed by atoms with Crippen molar-refractivity contribution in [3.05, 3.63) is 95.1 Å². The molecule has 0 unspecified atom stereocenters. The molecule has 178 valence electrons. The van der Waals surface area contributed by atoms with Gasteiger partial charge in [0.2, 0.25) is 0 Å². The zero-order chi connectivity index (χ0) is 24.1. The molecule has 34 heavy (non-hydrogen) atoms. The van der Waals surface area contributed by atoms with Gasteiger partial charge in [-0.1, -0.05) is 48.5 Å². The first-order valence-electron chi connectivity index (χ1n) is 11.6. The van der Waals surface area contributed by atoms with E-state index in [9.17, 15) is 13.2 Å². The monoisotopic (exact) mass is 477 g/mol. The summed E-state index contributed by atoms with van der Waals surface area (Å²) in [6.07, 6.45) is 1.73. The van der Waals surface area contributed by atoms with Crippen LogP contribution in [0.5, 0.6) is 0 Å². The van der Waals surface area contributed by atoms with E-state index in [4.69, 9.17) is 0 Å². The number of benzene rings is 3. The van der Waals surface area contributed by atoms with Crippen LogP contribution in [-0.2, 0) is 16.6 Å². The molecule has 1 amide bonds. The maximum absolute atomic E-state index is 13.0. The van der Waals surface area contributed by atoms with Gasteiger partial charge in [0.1, 0.15) is 0 Å². The molecule has 1 aliphatic heterocycles. The summed E-state index contributed by atoms with van der Waals surface area (Å²) >= 11 is 0. The lowest BCUT2D eigenvalue weighted by Gasteiger charge is -2.32. The normalized spacial score (nSPS) is 15.1. The molecule has 7 heteroatoms. The number of carbonyl (C=O) groups excluding carboxylic acids is 1. The Morgan fingerprint density at radius 2 is 1.68 bits per heavy atom. The minimum Gasteiger partial charge on any atom is -0.349 e. The lowest BCUT2D eigenvalue weighted by Crippen LogP contribution is -2.44. The molecule has 3 aromatic carbocycles. The Labute approximate surface area is 202 Å². The van der Waals surface area contributed by atoms with Crippen molar-refractivity contribution in [1.82, 2.24) is 10.2 Å². The van der Waals surface area contributed by atoms with Crippen LogP contribution < -0.4 is 10.0 Å². The molecule has 6 nitrogen and oxygen atoms in total. The number of amides is 1. The molecule has 0 atom stereocenters. The maximum atomic E-state index is 13.0. The molecule has 3 aromatic rings. The van der Waals surface area contributed by atoms with Crippen LogP contribution in [0.2, 0.25) is 0 Å². The van der Waals surface area contributed by atoms with Crippen LogP contribution in [-0.4, -0.2) is 38.4 Å². The number of nitrogens with one attached hydrogen (secondary N) is 2. The molecule has 0 saturated carbocycles. The highest BCUT2D eigenvalue weighted by atomic mass is 32.2. The highest BCUT2D eigenvalue weighted by Crippen LogP contribution is 2.21. The second-order valence-electron chi connectivity index (χ2n) is 8.96. The van der Waals surface area contributed by atoms with Crippen LogP contribution in [0.15, 0.2) is 77.7 Å². The number of piperidine rings is 1. The third-order valence-corrected chi connectivity index (χ3v) is 7.59. The molecular formula is C27H31N3O3S. The zero-order valence-corrected chi connectivity index (χ0v) is 20.4. The fraction of sp³-hybridized carbons (Fsp3) is 0.296. The van der Waals surface area contributed by atoms with Gasteiger partial charge in [0.05, 0.1) is 4.90 Å². The van der Waals surface area contributed by atoms with Gasteiger partial charge in [-0.05, 0) is 67.6 Å². The van der Waals surface area contributed by atoms with Crippen molar-refractivity contribution in [1.29, 1.82) is 0 Å². The first-order chi connectivity index (χ1) is 16.3. The predicted octanol–water partition coefficient (Wildman–Crippen LogP) is 4.50. The predicted molar refractivity (Wildman–Crippen MR) is 135 cm³/mol. The van der Waals surface area contributed by atoms with E-state index in [0.29, 0.717) is 11.3 Å². The van der Waals surface area contributed by atoms with Gasteiger partial charge in [-0.25, -0.2) is 8.42 Å². The summed E-state index contributed by atoms with van der Waals surface area (Å²) in [6.45, 7) is 6.45. The first-order valence-corrected chi connectivity index (χ1v) is 13.1. The van der Waals surface area contributed by atoms with E-state index in [0.717, 1.165) is 43.6 Å².